The van der Waals surface area contributed by atoms with E-state index in [9.17, 15) is 0 Å². The van der Waals surface area contributed by atoms with Gasteiger partial charge >= 0.3 is 0 Å². The van der Waals surface area contributed by atoms with Crippen molar-refractivity contribution in [1.29, 1.82) is 0 Å². The Morgan fingerprint density at radius 2 is 1.04 bits per heavy atom. The minimum Gasteiger partial charge on any atom is -0.479 e. The molecular weight excluding hydrogens is 601 g/mol. The molecule has 49 heavy (non-hydrogen) atoms. The second-order valence-electron chi connectivity index (χ2n) is 14.6. The Kier molecular flexibility index (Phi) is 7.05. The maximum atomic E-state index is 6.74. The van der Waals surface area contributed by atoms with Crippen molar-refractivity contribution in [1.82, 2.24) is 0 Å². The second-order valence-corrected chi connectivity index (χ2v) is 14.6. The molecular formula is C46H42O3. The SMILES string of the molecule is Cc1ccc(-c2ccc(C)c(-c3cccc4c3Oc3ccccc3C4(C)C)c2C)c(C)c1-c1ccc2c(c1)C(C)(C)Oc1ccccc1O2. The van der Waals surface area contributed by atoms with Gasteiger partial charge in [0.2, 0.25) is 0 Å². The largest absolute Gasteiger partial charge is 0.479 e. The van der Waals surface area contributed by atoms with Crippen LogP contribution in [0.4, 0.5) is 0 Å². The fourth-order valence-corrected chi connectivity index (χ4v) is 8.11. The number of benzene rings is 6. The van der Waals surface area contributed by atoms with Crippen molar-refractivity contribution < 1.29 is 14.2 Å². The number of hydrogen-bond acceptors (Lipinski definition) is 3. The van der Waals surface area contributed by atoms with Crippen LogP contribution in [0.25, 0.3) is 33.4 Å². The smallest absolute Gasteiger partial charge is 0.169 e. The van der Waals surface area contributed by atoms with Crippen LogP contribution in [0.2, 0.25) is 0 Å². The number of rotatable bonds is 3. The van der Waals surface area contributed by atoms with Crippen LogP contribution in [0.1, 0.15) is 66.6 Å². The van der Waals surface area contributed by atoms with E-state index in [2.05, 4.69) is 140 Å². The van der Waals surface area contributed by atoms with Gasteiger partial charge in [-0.2, -0.15) is 0 Å². The van der Waals surface area contributed by atoms with Crippen molar-refractivity contribution in [3.05, 3.63) is 148 Å². The monoisotopic (exact) mass is 642 g/mol. The molecule has 3 heteroatoms. The molecule has 0 atom stereocenters. The third-order valence-electron chi connectivity index (χ3n) is 10.7. The van der Waals surface area contributed by atoms with E-state index in [1.54, 1.807) is 0 Å². The molecule has 6 aromatic rings. The Morgan fingerprint density at radius 3 is 1.78 bits per heavy atom. The van der Waals surface area contributed by atoms with E-state index < -0.39 is 5.60 Å². The molecule has 8 rings (SSSR count). The molecule has 0 aliphatic carbocycles. The van der Waals surface area contributed by atoms with Crippen molar-refractivity contribution in [2.45, 2.75) is 66.4 Å². The molecule has 0 bridgehead atoms. The number of para-hydroxylation sites is 4. The zero-order chi connectivity index (χ0) is 34.2. The Balaban J connectivity index is 1.25. The highest BCUT2D eigenvalue weighted by molar-refractivity contribution is 5.88. The zero-order valence-electron chi connectivity index (χ0n) is 29.6. The Morgan fingerprint density at radius 1 is 0.449 bits per heavy atom. The molecule has 2 aliphatic heterocycles. The molecule has 0 saturated carbocycles. The van der Waals surface area contributed by atoms with Gasteiger partial charge in [0.05, 0.1) is 0 Å². The fraction of sp³-hybridized carbons (Fsp3) is 0.217. The van der Waals surface area contributed by atoms with Crippen LogP contribution in [0, 0.1) is 27.7 Å². The van der Waals surface area contributed by atoms with E-state index >= 15 is 0 Å². The van der Waals surface area contributed by atoms with Gasteiger partial charge in [0.25, 0.3) is 0 Å². The second kappa shape index (κ2) is 11.1. The summed E-state index contributed by atoms with van der Waals surface area (Å²) >= 11 is 0. The topological polar surface area (TPSA) is 27.7 Å². The Bertz CT molecular complexity index is 2310. The first kappa shape index (κ1) is 31.0. The van der Waals surface area contributed by atoms with E-state index in [0.717, 1.165) is 45.4 Å². The average molecular weight is 643 g/mol. The van der Waals surface area contributed by atoms with Gasteiger partial charge in [-0.05, 0) is 122 Å². The third-order valence-corrected chi connectivity index (χ3v) is 10.7. The van der Waals surface area contributed by atoms with Crippen molar-refractivity contribution in [3.63, 3.8) is 0 Å². The van der Waals surface area contributed by atoms with Crippen molar-refractivity contribution in [3.8, 4) is 62.1 Å². The lowest BCUT2D eigenvalue weighted by Crippen LogP contribution is -2.24. The molecule has 244 valence electrons. The van der Waals surface area contributed by atoms with Gasteiger partial charge in [-0.25, -0.2) is 0 Å². The lowest BCUT2D eigenvalue weighted by atomic mass is 9.74. The molecule has 0 radical (unpaired) electrons. The first-order valence-corrected chi connectivity index (χ1v) is 17.2. The van der Waals surface area contributed by atoms with Gasteiger partial charge in [-0.15, -0.1) is 0 Å². The summed E-state index contributed by atoms with van der Waals surface area (Å²) in [4.78, 5) is 0. The maximum Gasteiger partial charge on any atom is 0.169 e. The zero-order valence-corrected chi connectivity index (χ0v) is 29.6. The number of ether oxygens (including phenoxy) is 3. The molecule has 3 nitrogen and oxygen atoms in total. The molecule has 6 aromatic carbocycles. The van der Waals surface area contributed by atoms with Crippen LogP contribution >= 0.6 is 0 Å². The molecule has 0 fully saturated rings. The Hall–Kier alpha value is -5.28. The van der Waals surface area contributed by atoms with Crippen molar-refractivity contribution in [2.75, 3.05) is 0 Å². The lowest BCUT2D eigenvalue weighted by Gasteiger charge is -2.35. The molecule has 0 unspecified atom stereocenters. The first-order chi connectivity index (χ1) is 23.5. The summed E-state index contributed by atoms with van der Waals surface area (Å²) in [5, 5.41) is 0. The van der Waals surface area contributed by atoms with Crippen LogP contribution < -0.4 is 14.2 Å². The summed E-state index contributed by atoms with van der Waals surface area (Å²) in [7, 11) is 0. The quantitative estimate of drug-likeness (QED) is 0.192. The highest BCUT2D eigenvalue weighted by Gasteiger charge is 2.36. The highest BCUT2D eigenvalue weighted by Crippen LogP contribution is 2.53. The molecule has 0 amide bonds. The van der Waals surface area contributed by atoms with Gasteiger partial charge in [-0.1, -0.05) is 92.7 Å². The van der Waals surface area contributed by atoms with Crippen molar-refractivity contribution >= 4 is 0 Å². The van der Waals surface area contributed by atoms with E-state index in [-0.39, 0.29) is 5.41 Å². The third kappa shape index (κ3) is 4.86. The standard InChI is InChI=1S/C46H42O3/c1-27-20-23-32(29(3)42(27)31-22-25-39-37(26-31)46(7,8)49-41-19-12-11-18-40(41)47-39)33-24-21-28(2)43(30(33)4)34-14-13-16-36-44(34)48-38-17-10-9-15-35(38)45(36,5)6/h9-26H,1-8H3. The summed E-state index contributed by atoms with van der Waals surface area (Å²) in [6.45, 7) is 17.7. The van der Waals surface area contributed by atoms with Crippen LogP contribution in [0.5, 0.6) is 28.7 Å². The molecule has 0 N–H and O–H groups in total. The van der Waals surface area contributed by atoms with Gasteiger partial charge in [-0.3, -0.25) is 0 Å². The summed E-state index contributed by atoms with van der Waals surface area (Å²) in [6, 6.07) is 38.5. The van der Waals surface area contributed by atoms with E-state index in [4.69, 9.17) is 14.2 Å². The van der Waals surface area contributed by atoms with E-state index in [1.165, 1.54) is 55.6 Å². The van der Waals surface area contributed by atoms with Crippen LogP contribution in [-0.4, -0.2) is 0 Å². The summed E-state index contributed by atoms with van der Waals surface area (Å²) in [6.07, 6.45) is 0. The number of fused-ring (bicyclic) bond motifs is 4. The predicted molar refractivity (Wildman–Crippen MR) is 201 cm³/mol. The molecule has 0 saturated heterocycles. The van der Waals surface area contributed by atoms with Crippen molar-refractivity contribution in [2.24, 2.45) is 0 Å². The van der Waals surface area contributed by atoms with Crippen LogP contribution in [0.3, 0.4) is 0 Å². The maximum absolute atomic E-state index is 6.74. The van der Waals surface area contributed by atoms with E-state index in [1.807, 2.05) is 24.3 Å². The summed E-state index contributed by atoms with van der Waals surface area (Å²) in [5.41, 5.74) is 14.9. The minimum absolute atomic E-state index is 0.177. The molecule has 2 heterocycles. The molecule has 0 aromatic heterocycles. The predicted octanol–water partition coefficient (Wildman–Crippen LogP) is 12.8. The van der Waals surface area contributed by atoms with Gasteiger partial charge in [0.15, 0.2) is 11.5 Å². The van der Waals surface area contributed by atoms with Gasteiger partial charge in [0.1, 0.15) is 22.8 Å². The molecule has 0 spiro atoms. The Labute approximate surface area is 290 Å². The average Bonchev–Trinajstić information content (AvgIpc) is 3.18. The van der Waals surface area contributed by atoms with Gasteiger partial charge < -0.3 is 14.2 Å². The summed E-state index contributed by atoms with van der Waals surface area (Å²) in [5.74, 6) is 4.20. The lowest BCUT2D eigenvalue weighted by molar-refractivity contribution is 0.111. The van der Waals surface area contributed by atoms with Crippen LogP contribution in [-0.2, 0) is 11.0 Å². The van der Waals surface area contributed by atoms with E-state index in [0.29, 0.717) is 0 Å². The number of hydrogen-bond donors (Lipinski definition) is 0. The summed E-state index contributed by atoms with van der Waals surface area (Å²) < 4.78 is 19.7. The molecule has 2 aliphatic rings. The normalized spacial score (nSPS) is 14.9. The number of aryl methyl sites for hydroxylation is 2. The van der Waals surface area contributed by atoms with Gasteiger partial charge in [0, 0.05) is 27.7 Å². The highest BCUT2D eigenvalue weighted by atomic mass is 16.5. The van der Waals surface area contributed by atoms with Crippen LogP contribution in [0.15, 0.2) is 109 Å². The first-order valence-electron chi connectivity index (χ1n) is 17.2. The minimum atomic E-state index is -0.578. The fourth-order valence-electron chi connectivity index (χ4n) is 8.11.